The molecule has 1 fully saturated rings. The lowest BCUT2D eigenvalue weighted by Crippen LogP contribution is -2.31. The van der Waals surface area contributed by atoms with Gasteiger partial charge in [-0.25, -0.2) is 0 Å². The minimum Gasteiger partial charge on any atom is -0.493 e. The van der Waals surface area contributed by atoms with Crippen LogP contribution in [0.2, 0.25) is 0 Å². The summed E-state index contributed by atoms with van der Waals surface area (Å²) in [6, 6.07) is 5.19. The number of Topliss-reactive ketones (excluding diaryl/α,β-unsaturated/α-hetero) is 1. The first-order chi connectivity index (χ1) is 9.11. The van der Waals surface area contributed by atoms with Gasteiger partial charge in [-0.1, -0.05) is 6.07 Å². The smallest absolute Gasteiger partial charge is 0.220 e. The van der Waals surface area contributed by atoms with Crippen LogP contribution in [-0.2, 0) is 4.79 Å². The molecule has 1 heterocycles. The normalized spacial score (nSPS) is 18.0. The van der Waals surface area contributed by atoms with Crippen LogP contribution >= 0.6 is 0 Å². The number of amides is 1. The van der Waals surface area contributed by atoms with Crippen molar-refractivity contribution in [2.75, 3.05) is 13.7 Å². The fourth-order valence-electron chi connectivity index (χ4n) is 2.09. The molecule has 1 aliphatic heterocycles. The summed E-state index contributed by atoms with van der Waals surface area (Å²) < 4.78 is 10.9. The Labute approximate surface area is 111 Å². The summed E-state index contributed by atoms with van der Waals surface area (Å²) in [5, 5.41) is 2.82. The van der Waals surface area contributed by atoms with Gasteiger partial charge in [-0.15, -0.1) is 0 Å². The summed E-state index contributed by atoms with van der Waals surface area (Å²) in [5.74, 6) is 0.931. The lowest BCUT2D eigenvalue weighted by Gasteiger charge is -2.16. The van der Waals surface area contributed by atoms with E-state index < -0.39 is 0 Å². The third-order valence-corrected chi connectivity index (χ3v) is 3.09. The Kier molecular flexibility index (Phi) is 4.04. The zero-order valence-electron chi connectivity index (χ0n) is 11.1. The van der Waals surface area contributed by atoms with E-state index in [1.807, 2.05) is 0 Å². The molecule has 1 N–H and O–H groups in total. The number of carbonyl (C=O) groups is 2. The largest absolute Gasteiger partial charge is 0.493 e. The molecule has 1 atom stereocenters. The molecule has 2 rings (SSSR count). The molecule has 1 aliphatic rings. The molecule has 0 bridgehead atoms. The van der Waals surface area contributed by atoms with E-state index in [0.717, 1.165) is 6.42 Å². The van der Waals surface area contributed by atoms with Gasteiger partial charge >= 0.3 is 0 Å². The number of benzene rings is 1. The SMILES string of the molecule is COc1cccc(C(C)=O)c1OCC1CCC(=O)N1. The van der Waals surface area contributed by atoms with Crippen LogP contribution in [0.3, 0.4) is 0 Å². The fourth-order valence-corrected chi connectivity index (χ4v) is 2.09. The Bertz CT molecular complexity index is 498. The summed E-state index contributed by atoms with van der Waals surface area (Å²) in [4.78, 5) is 22.7. The molecule has 19 heavy (non-hydrogen) atoms. The van der Waals surface area contributed by atoms with E-state index in [1.165, 1.54) is 14.0 Å². The molecule has 0 saturated carbocycles. The Hall–Kier alpha value is -2.04. The number of methoxy groups -OCH3 is 1. The van der Waals surface area contributed by atoms with Crippen LogP contribution in [0.4, 0.5) is 0 Å². The van der Waals surface area contributed by atoms with E-state index in [0.29, 0.717) is 30.1 Å². The van der Waals surface area contributed by atoms with Gasteiger partial charge in [-0.3, -0.25) is 9.59 Å². The zero-order chi connectivity index (χ0) is 13.8. The first kappa shape index (κ1) is 13.4. The number of rotatable bonds is 5. The second kappa shape index (κ2) is 5.73. The van der Waals surface area contributed by atoms with Crippen LogP contribution in [0.1, 0.15) is 30.1 Å². The lowest BCUT2D eigenvalue weighted by atomic mass is 10.1. The van der Waals surface area contributed by atoms with Crippen molar-refractivity contribution >= 4 is 11.7 Å². The molecule has 5 heteroatoms. The van der Waals surface area contributed by atoms with E-state index in [-0.39, 0.29) is 17.7 Å². The third kappa shape index (κ3) is 3.05. The number of nitrogens with one attached hydrogen (secondary N) is 1. The average molecular weight is 263 g/mol. The number of carbonyl (C=O) groups excluding carboxylic acids is 2. The third-order valence-electron chi connectivity index (χ3n) is 3.09. The molecule has 1 unspecified atom stereocenters. The molecular formula is C14H17NO4. The van der Waals surface area contributed by atoms with E-state index in [1.54, 1.807) is 18.2 Å². The topological polar surface area (TPSA) is 64.6 Å². The average Bonchev–Trinajstić information content (AvgIpc) is 2.81. The molecule has 102 valence electrons. The highest BCUT2D eigenvalue weighted by atomic mass is 16.5. The van der Waals surface area contributed by atoms with Gasteiger partial charge in [-0.2, -0.15) is 0 Å². The van der Waals surface area contributed by atoms with Crippen molar-refractivity contribution < 1.29 is 19.1 Å². The Morgan fingerprint density at radius 2 is 2.26 bits per heavy atom. The lowest BCUT2D eigenvalue weighted by molar-refractivity contribution is -0.119. The first-order valence-corrected chi connectivity index (χ1v) is 6.22. The van der Waals surface area contributed by atoms with Gasteiger partial charge in [0.15, 0.2) is 17.3 Å². The highest BCUT2D eigenvalue weighted by Crippen LogP contribution is 2.31. The van der Waals surface area contributed by atoms with Gasteiger partial charge in [-0.05, 0) is 25.5 Å². The Morgan fingerprint density at radius 3 is 2.84 bits per heavy atom. The van der Waals surface area contributed by atoms with Crippen molar-refractivity contribution in [1.29, 1.82) is 0 Å². The summed E-state index contributed by atoms with van der Waals surface area (Å²) in [5.41, 5.74) is 0.490. The van der Waals surface area contributed by atoms with Crippen LogP contribution in [-0.4, -0.2) is 31.4 Å². The molecule has 0 spiro atoms. The van der Waals surface area contributed by atoms with Crippen molar-refractivity contribution in [1.82, 2.24) is 5.32 Å². The number of para-hydroxylation sites is 1. The van der Waals surface area contributed by atoms with Crippen LogP contribution in [0.25, 0.3) is 0 Å². The minimum absolute atomic E-state index is 0.00257. The fraction of sp³-hybridized carbons (Fsp3) is 0.429. The van der Waals surface area contributed by atoms with Gasteiger partial charge in [0, 0.05) is 6.42 Å². The molecule has 1 aromatic carbocycles. The van der Waals surface area contributed by atoms with E-state index in [4.69, 9.17) is 9.47 Å². The molecular weight excluding hydrogens is 246 g/mol. The highest BCUT2D eigenvalue weighted by molar-refractivity contribution is 5.97. The maximum atomic E-state index is 11.6. The first-order valence-electron chi connectivity index (χ1n) is 6.22. The van der Waals surface area contributed by atoms with Crippen molar-refractivity contribution in [2.24, 2.45) is 0 Å². The maximum absolute atomic E-state index is 11.6. The van der Waals surface area contributed by atoms with E-state index >= 15 is 0 Å². The minimum atomic E-state index is -0.0793. The zero-order valence-corrected chi connectivity index (χ0v) is 11.1. The summed E-state index contributed by atoms with van der Waals surface area (Å²) >= 11 is 0. The van der Waals surface area contributed by atoms with E-state index in [2.05, 4.69) is 5.32 Å². The van der Waals surface area contributed by atoms with Crippen molar-refractivity contribution in [2.45, 2.75) is 25.8 Å². The summed E-state index contributed by atoms with van der Waals surface area (Å²) in [6.07, 6.45) is 1.28. The predicted molar refractivity (Wildman–Crippen MR) is 69.7 cm³/mol. The molecule has 1 saturated heterocycles. The van der Waals surface area contributed by atoms with Gasteiger partial charge in [0.1, 0.15) is 6.61 Å². The number of hydrogen-bond donors (Lipinski definition) is 1. The molecule has 0 radical (unpaired) electrons. The number of ether oxygens (including phenoxy) is 2. The molecule has 1 aromatic rings. The number of hydrogen-bond acceptors (Lipinski definition) is 4. The number of ketones is 1. The summed E-state index contributed by atoms with van der Waals surface area (Å²) in [7, 11) is 1.53. The van der Waals surface area contributed by atoms with Crippen molar-refractivity contribution in [3.63, 3.8) is 0 Å². The Balaban J connectivity index is 2.13. The monoisotopic (exact) mass is 263 g/mol. The van der Waals surface area contributed by atoms with Crippen LogP contribution < -0.4 is 14.8 Å². The molecule has 0 aliphatic carbocycles. The second-order valence-electron chi connectivity index (χ2n) is 4.51. The molecule has 5 nitrogen and oxygen atoms in total. The second-order valence-corrected chi connectivity index (χ2v) is 4.51. The van der Waals surface area contributed by atoms with Gasteiger partial charge in [0.05, 0.1) is 18.7 Å². The molecule has 1 amide bonds. The van der Waals surface area contributed by atoms with Crippen LogP contribution in [0.5, 0.6) is 11.5 Å². The van der Waals surface area contributed by atoms with Gasteiger partial charge in [0.25, 0.3) is 0 Å². The quantitative estimate of drug-likeness (QED) is 0.819. The van der Waals surface area contributed by atoms with Crippen LogP contribution in [0, 0.1) is 0 Å². The molecule has 0 aromatic heterocycles. The summed E-state index contributed by atoms with van der Waals surface area (Å²) in [6.45, 7) is 1.82. The van der Waals surface area contributed by atoms with Gasteiger partial charge in [0.2, 0.25) is 5.91 Å². The van der Waals surface area contributed by atoms with Gasteiger partial charge < -0.3 is 14.8 Å². The van der Waals surface area contributed by atoms with Crippen LogP contribution in [0.15, 0.2) is 18.2 Å². The van der Waals surface area contributed by atoms with Crippen molar-refractivity contribution in [3.8, 4) is 11.5 Å². The maximum Gasteiger partial charge on any atom is 0.220 e. The van der Waals surface area contributed by atoms with Crippen molar-refractivity contribution in [3.05, 3.63) is 23.8 Å². The predicted octanol–water partition coefficient (Wildman–Crippen LogP) is 1.56. The standard InChI is InChI=1S/C14H17NO4/c1-9(16)11-4-3-5-12(18-2)14(11)19-8-10-6-7-13(17)15-10/h3-5,10H,6-8H2,1-2H3,(H,15,17). The highest BCUT2D eigenvalue weighted by Gasteiger charge is 2.22. The Morgan fingerprint density at radius 1 is 1.47 bits per heavy atom. The van der Waals surface area contributed by atoms with E-state index in [9.17, 15) is 9.59 Å².